The highest BCUT2D eigenvalue weighted by molar-refractivity contribution is 7.13. The van der Waals surface area contributed by atoms with Crippen LogP contribution in [-0.2, 0) is 16.0 Å². The maximum Gasteiger partial charge on any atom is 0.409 e. The molecule has 0 unspecified atom stereocenters. The van der Waals surface area contributed by atoms with Gasteiger partial charge in [-0.3, -0.25) is 10.1 Å². The zero-order valence-electron chi connectivity index (χ0n) is 17.3. The molecule has 4 amide bonds. The average molecular weight is 450 g/mol. The third kappa shape index (κ3) is 6.14. The van der Waals surface area contributed by atoms with Crippen LogP contribution in [0.1, 0.15) is 18.2 Å². The highest BCUT2D eigenvalue weighted by atomic mass is 32.1. The van der Waals surface area contributed by atoms with Gasteiger partial charge in [0, 0.05) is 37.2 Å². The van der Waals surface area contributed by atoms with E-state index in [1.54, 1.807) is 41.2 Å². The summed E-state index contributed by atoms with van der Waals surface area (Å²) in [6.07, 6.45) is -0.376. The van der Waals surface area contributed by atoms with E-state index in [1.807, 2.05) is 0 Å². The molecule has 166 valence electrons. The van der Waals surface area contributed by atoms with E-state index < -0.39 is 0 Å². The molecule has 1 aliphatic rings. The molecule has 1 aliphatic heterocycles. The van der Waals surface area contributed by atoms with Crippen molar-refractivity contribution in [3.63, 3.8) is 0 Å². The van der Waals surface area contributed by atoms with Crippen molar-refractivity contribution in [3.8, 4) is 0 Å². The number of thiazole rings is 1. The minimum atomic E-state index is -0.389. The number of aromatic nitrogens is 1. The number of halogens is 1. The lowest BCUT2D eigenvalue weighted by atomic mass is 10.2. The molecule has 1 saturated heterocycles. The summed E-state index contributed by atoms with van der Waals surface area (Å²) in [5, 5.41) is 7.41. The van der Waals surface area contributed by atoms with Crippen molar-refractivity contribution in [1.82, 2.24) is 14.8 Å². The topological polar surface area (TPSA) is 104 Å². The van der Waals surface area contributed by atoms with Crippen molar-refractivity contribution in [3.05, 3.63) is 40.7 Å². The fraction of sp³-hybridized carbons (Fsp3) is 0.400. The van der Waals surface area contributed by atoms with Gasteiger partial charge in [-0.1, -0.05) is 6.07 Å². The third-order valence-corrected chi connectivity index (χ3v) is 5.46. The summed E-state index contributed by atoms with van der Waals surface area (Å²) in [6, 6.07) is 4.17. The van der Waals surface area contributed by atoms with Crippen LogP contribution in [0.25, 0.3) is 0 Å². The summed E-state index contributed by atoms with van der Waals surface area (Å²) in [6.45, 7) is 5.27. The molecule has 0 atom stereocenters. The molecule has 9 nitrogen and oxygen atoms in total. The zero-order valence-corrected chi connectivity index (χ0v) is 18.1. The predicted octanol–water partition coefficient (Wildman–Crippen LogP) is 3.08. The first kappa shape index (κ1) is 22.5. The maximum absolute atomic E-state index is 13.6. The van der Waals surface area contributed by atoms with Crippen LogP contribution in [-0.4, -0.2) is 65.6 Å². The lowest BCUT2D eigenvalue weighted by molar-refractivity contribution is -0.115. The molecule has 0 bridgehead atoms. The summed E-state index contributed by atoms with van der Waals surface area (Å²) in [7, 11) is 0. The summed E-state index contributed by atoms with van der Waals surface area (Å²) in [5.74, 6) is -0.721. The second kappa shape index (κ2) is 10.2. The van der Waals surface area contributed by atoms with Crippen molar-refractivity contribution >= 4 is 40.2 Å². The van der Waals surface area contributed by atoms with Crippen LogP contribution in [0.4, 0.5) is 24.8 Å². The van der Waals surface area contributed by atoms with Gasteiger partial charge in [-0.15, -0.1) is 11.3 Å². The quantitative estimate of drug-likeness (QED) is 0.730. The van der Waals surface area contributed by atoms with E-state index in [0.29, 0.717) is 54.9 Å². The van der Waals surface area contributed by atoms with Crippen molar-refractivity contribution in [2.24, 2.45) is 0 Å². The van der Waals surface area contributed by atoms with Crippen LogP contribution in [0.2, 0.25) is 0 Å². The summed E-state index contributed by atoms with van der Waals surface area (Å²) >= 11 is 1.21. The molecule has 1 fully saturated rings. The van der Waals surface area contributed by atoms with E-state index in [9.17, 15) is 18.8 Å². The Morgan fingerprint density at radius 3 is 2.55 bits per heavy atom. The number of carbonyl (C=O) groups is 3. The van der Waals surface area contributed by atoms with Crippen molar-refractivity contribution in [2.45, 2.75) is 20.3 Å². The van der Waals surface area contributed by atoms with E-state index in [0.717, 1.165) is 0 Å². The molecule has 1 aromatic heterocycles. The number of nitrogens with one attached hydrogen (secondary N) is 2. The molecule has 11 heteroatoms. The van der Waals surface area contributed by atoms with E-state index in [2.05, 4.69) is 15.6 Å². The Balaban J connectivity index is 1.47. The molecule has 0 aliphatic carbocycles. The largest absolute Gasteiger partial charge is 0.450 e. The first-order chi connectivity index (χ1) is 14.9. The monoisotopic (exact) mass is 449 g/mol. The fourth-order valence-corrected chi connectivity index (χ4v) is 3.66. The SMILES string of the molecule is CCOC(=O)N1CCN(C(=O)Nc2nc(CC(=O)Nc3ccc(C)c(F)c3)cs2)CC1. The van der Waals surface area contributed by atoms with Crippen LogP contribution >= 0.6 is 11.3 Å². The van der Waals surface area contributed by atoms with Gasteiger partial charge in [0.15, 0.2) is 5.13 Å². The van der Waals surface area contributed by atoms with Crippen molar-refractivity contribution in [1.29, 1.82) is 0 Å². The highest BCUT2D eigenvalue weighted by Gasteiger charge is 2.25. The molecule has 0 spiro atoms. The van der Waals surface area contributed by atoms with Gasteiger partial charge in [0.1, 0.15) is 5.82 Å². The summed E-state index contributed by atoms with van der Waals surface area (Å²) in [4.78, 5) is 43.8. The molecule has 0 radical (unpaired) electrons. The minimum absolute atomic E-state index is 0.0000797. The molecule has 1 aromatic carbocycles. The number of benzene rings is 1. The van der Waals surface area contributed by atoms with Gasteiger partial charge < -0.3 is 19.9 Å². The van der Waals surface area contributed by atoms with Gasteiger partial charge in [0.2, 0.25) is 5.91 Å². The molecule has 2 heterocycles. The predicted molar refractivity (Wildman–Crippen MR) is 115 cm³/mol. The molecule has 2 aromatic rings. The van der Waals surface area contributed by atoms with Crippen LogP contribution in [0, 0.1) is 12.7 Å². The van der Waals surface area contributed by atoms with E-state index in [4.69, 9.17) is 4.74 Å². The van der Waals surface area contributed by atoms with Gasteiger partial charge in [-0.2, -0.15) is 0 Å². The zero-order chi connectivity index (χ0) is 22.4. The molecule has 2 N–H and O–H groups in total. The van der Waals surface area contributed by atoms with Gasteiger partial charge in [0.05, 0.1) is 18.7 Å². The van der Waals surface area contributed by atoms with Crippen LogP contribution in [0.5, 0.6) is 0 Å². The van der Waals surface area contributed by atoms with Crippen LogP contribution in [0.3, 0.4) is 0 Å². The van der Waals surface area contributed by atoms with E-state index in [1.165, 1.54) is 17.4 Å². The number of amides is 4. The number of nitrogens with zero attached hydrogens (tertiary/aromatic N) is 3. The standard InChI is InChI=1S/C20H24FN5O4S/c1-3-30-20(29)26-8-6-25(7-9-26)19(28)24-18-23-15(12-31-18)11-17(27)22-14-5-4-13(2)16(21)10-14/h4-5,10,12H,3,6-9,11H2,1-2H3,(H,22,27)(H,23,24,28). The van der Waals surface area contributed by atoms with Gasteiger partial charge >= 0.3 is 12.1 Å². The Bertz CT molecular complexity index is 959. The van der Waals surface area contributed by atoms with Gasteiger partial charge in [-0.25, -0.2) is 19.0 Å². The van der Waals surface area contributed by atoms with Crippen LogP contribution in [0.15, 0.2) is 23.6 Å². The highest BCUT2D eigenvalue weighted by Crippen LogP contribution is 2.18. The van der Waals surface area contributed by atoms with Crippen LogP contribution < -0.4 is 10.6 Å². The molecule has 31 heavy (non-hydrogen) atoms. The van der Waals surface area contributed by atoms with E-state index in [-0.39, 0.29) is 30.3 Å². The van der Waals surface area contributed by atoms with Gasteiger partial charge in [0.25, 0.3) is 0 Å². The number of hydrogen-bond donors (Lipinski definition) is 2. The number of urea groups is 1. The number of hydrogen-bond acceptors (Lipinski definition) is 6. The molecular weight excluding hydrogens is 425 g/mol. The first-order valence-electron chi connectivity index (χ1n) is 9.83. The van der Waals surface area contributed by atoms with Crippen molar-refractivity contribution in [2.75, 3.05) is 43.4 Å². The average Bonchev–Trinajstić information content (AvgIpc) is 3.17. The Kier molecular flexibility index (Phi) is 7.40. The number of anilines is 2. The Morgan fingerprint density at radius 1 is 1.16 bits per heavy atom. The third-order valence-electron chi connectivity index (χ3n) is 4.66. The normalized spacial score (nSPS) is 13.6. The Hall–Kier alpha value is -3.21. The number of piperazine rings is 1. The lowest BCUT2D eigenvalue weighted by Crippen LogP contribution is -2.51. The molecule has 3 rings (SSSR count). The second-order valence-electron chi connectivity index (χ2n) is 6.94. The number of rotatable bonds is 5. The number of aryl methyl sites for hydroxylation is 1. The number of carbonyl (C=O) groups excluding carboxylic acids is 3. The van der Waals surface area contributed by atoms with Crippen molar-refractivity contribution < 1.29 is 23.5 Å². The lowest BCUT2D eigenvalue weighted by Gasteiger charge is -2.33. The first-order valence-corrected chi connectivity index (χ1v) is 10.7. The minimum Gasteiger partial charge on any atom is -0.450 e. The number of ether oxygens (including phenoxy) is 1. The Morgan fingerprint density at radius 2 is 1.87 bits per heavy atom. The molecular formula is C20H24FN5O4S. The summed E-state index contributed by atoms with van der Waals surface area (Å²) < 4.78 is 18.6. The molecule has 0 saturated carbocycles. The fourth-order valence-electron chi connectivity index (χ4n) is 2.96. The Labute approximate surface area is 183 Å². The van der Waals surface area contributed by atoms with Gasteiger partial charge in [-0.05, 0) is 31.5 Å². The second-order valence-corrected chi connectivity index (χ2v) is 7.79. The van der Waals surface area contributed by atoms with E-state index >= 15 is 0 Å². The smallest absolute Gasteiger partial charge is 0.409 e. The maximum atomic E-state index is 13.6. The summed E-state index contributed by atoms with van der Waals surface area (Å²) in [5.41, 5.74) is 1.37.